The van der Waals surface area contributed by atoms with E-state index in [1.165, 1.54) is 23.1 Å². The molecule has 4 aliphatic heterocycles. The number of nitrogens with two attached hydrogens (primary N) is 1. The Morgan fingerprint density at radius 1 is 1.15 bits per heavy atom. The molecular formula is C30H34F2N4O3. The van der Waals surface area contributed by atoms with Crippen LogP contribution in [0.15, 0.2) is 41.4 Å². The normalized spacial score (nSPS) is 29.7. The van der Waals surface area contributed by atoms with Crippen LogP contribution in [0.2, 0.25) is 0 Å². The number of nitrogens with one attached hydrogen (secondary N) is 1. The molecular weight excluding hydrogens is 502 g/mol. The van der Waals surface area contributed by atoms with Crippen molar-refractivity contribution in [1.29, 1.82) is 0 Å². The van der Waals surface area contributed by atoms with E-state index in [2.05, 4.69) is 17.4 Å². The molecule has 206 valence electrons. The zero-order valence-corrected chi connectivity index (χ0v) is 22.3. The highest BCUT2D eigenvalue weighted by Crippen LogP contribution is 2.51. The molecule has 0 saturated heterocycles. The summed E-state index contributed by atoms with van der Waals surface area (Å²) < 4.78 is 36.4. The lowest BCUT2D eigenvalue weighted by molar-refractivity contribution is -0.132. The van der Waals surface area contributed by atoms with Crippen molar-refractivity contribution in [2.24, 2.45) is 10.7 Å². The summed E-state index contributed by atoms with van der Waals surface area (Å²) in [5, 5.41) is 3.11. The Hall–Kier alpha value is -3.49. The summed E-state index contributed by atoms with van der Waals surface area (Å²) >= 11 is 0. The summed E-state index contributed by atoms with van der Waals surface area (Å²) in [6, 6.07) is 9.09. The van der Waals surface area contributed by atoms with Gasteiger partial charge in [-0.15, -0.1) is 0 Å². The SMILES string of the molecule is CC[C@@]12CCCCc3ccc4c(c3)[C@H](C[C@@H](C)O4)NC(=O)c3ccc4c(c3)[C@@H](CC4(F)F)N(C(=O)C1)C(N)=N2. The number of rotatable bonds is 1. The van der Waals surface area contributed by atoms with Crippen molar-refractivity contribution < 1.29 is 23.1 Å². The average Bonchev–Trinajstić information content (AvgIpc) is 3.15. The second kappa shape index (κ2) is 9.31. The fourth-order valence-electron chi connectivity index (χ4n) is 6.71. The van der Waals surface area contributed by atoms with Crippen LogP contribution in [0.4, 0.5) is 8.78 Å². The third-order valence-corrected chi connectivity index (χ3v) is 8.84. The first-order chi connectivity index (χ1) is 18.6. The molecule has 39 heavy (non-hydrogen) atoms. The second-order valence-corrected chi connectivity index (χ2v) is 11.5. The Labute approximate surface area is 226 Å². The van der Waals surface area contributed by atoms with Gasteiger partial charge >= 0.3 is 0 Å². The molecule has 6 bridgehead atoms. The van der Waals surface area contributed by atoms with Gasteiger partial charge in [-0.2, -0.15) is 0 Å². The van der Waals surface area contributed by atoms with Crippen LogP contribution >= 0.6 is 0 Å². The van der Waals surface area contributed by atoms with E-state index in [9.17, 15) is 9.59 Å². The minimum Gasteiger partial charge on any atom is -0.490 e. The zero-order chi connectivity index (χ0) is 27.5. The first-order valence-corrected chi connectivity index (χ1v) is 13.9. The number of amides is 2. The summed E-state index contributed by atoms with van der Waals surface area (Å²) in [6.07, 6.45) is 3.94. The summed E-state index contributed by atoms with van der Waals surface area (Å²) in [4.78, 5) is 33.0. The number of aryl methyl sites for hydroxylation is 1. The average molecular weight is 537 g/mol. The number of benzene rings is 2. The number of nitrogens with zero attached hydrogens (tertiary/aromatic N) is 2. The van der Waals surface area contributed by atoms with Crippen LogP contribution in [0.3, 0.4) is 0 Å². The largest absolute Gasteiger partial charge is 0.490 e. The highest BCUT2D eigenvalue weighted by molar-refractivity contribution is 6.00. The van der Waals surface area contributed by atoms with Crippen LogP contribution in [-0.2, 0) is 17.1 Å². The molecule has 5 aliphatic rings. The monoisotopic (exact) mass is 536 g/mol. The molecule has 1 aliphatic carbocycles. The van der Waals surface area contributed by atoms with Gasteiger partial charge in [-0.1, -0.05) is 31.5 Å². The number of fused-ring (bicyclic) bond motifs is 5. The van der Waals surface area contributed by atoms with Gasteiger partial charge < -0.3 is 15.8 Å². The molecule has 4 heterocycles. The number of carbonyl (C=O) groups is 2. The van der Waals surface area contributed by atoms with Gasteiger partial charge in [-0.25, -0.2) is 13.8 Å². The van der Waals surface area contributed by atoms with Gasteiger partial charge in [-0.3, -0.25) is 14.5 Å². The number of aliphatic imine (C=N–C) groups is 1. The van der Waals surface area contributed by atoms with Gasteiger partial charge in [0.15, 0.2) is 5.96 Å². The maximum Gasteiger partial charge on any atom is 0.275 e. The number of hydrogen-bond donors (Lipinski definition) is 2. The highest BCUT2D eigenvalue weighted by atomic mass is 19.3. The maximum atomic E-state index is 15.2. The van der Waals surface area contributed by atoms with Crippen LogP contribution < -0.4 is 15.8 Å². The first kappa shape index (κ1) is 25.8. The van der Waals surface area contributed by atoms with Crippen LogP contribution in [0, 0.1) is 0 Å². The maximum absolute atomic E-state index is 15.2. The van der Waals surface area contributed by atoms with E-state index in [4.69, 9.17) is 15.5 Å². The van der Waals surface area contributed by atoms with Crippen LogP contribution in [-0.4, -0.2) is 34.3 Å². The van der Waals surface area contributed by atoms with Crippen molar-refractivity contribution >= 4 is 17.8 Å². The number of carbonyl (C=O) groups excluding carboxylic acids is 2. The number of hydrogen-bond acceptors (Lipinski definition) is 5. The van der Waals surface area contributed by atoms with Crippen molar-refractivity contribution in [1.82, 2.24) is 10.2 Å². The van der Waals surface area contributed by atoms with Gasteiger partial charge in [0.05, 0.1) is 30.1 Å². The summed E-state index contributed by atoms with van der Waals surface area (Å²) in [5.74, 6) is -3.08. The van der Waals surface area contributed by atoms with E-state index in [1.807, 2.05) is 19.9 Å². The van der Waals surface area contributed by atoms with E-state index in [-0.39, 0.29) is 53.0 Å². The molecule has 7 nitrogen and oxygen atoms in total. The van der Waals surface area contributed by atoms with E-state index >= 15 is 8.78 Å². The van der Waals surface area contributed by atoms with Crippen molar-refractivity contribution in [3.05, 3.63) is 64.2 Å². The molecule has 3 N–H and O–H groups in total. The molecule has 0 spiro atoms. The third-order valence-electron chi connectivity index (χ3n) is 8.84. The quantitative estimate of drug-likeness (QED) is 0.518. The second-order valence-electron chi connectivity index (χ2n) is 11.5. The molecule has 0 aromatic heterocycles. The van der Waals surface area contributed by atoms with Crippen LogP contribution in [0.25, 0.3) is 0 Å². The van der Waals surface area contributed by atoms with E-state index in [0.717, 1.165) is 36.1 Å². The first-order valence-electron chi connectivity index (χ1n) is 13.9. The van der Waals surface area contributed by atoms with E-state index in [1.54, 1.807) is 0 Å². The van der Waals surface area contributed by atoms with Crippen LogP contribution in [0.1, 0.15) is 103 Å². The number of alkyl halides is 2. The number of halogens is 2. The summed E-state index contributed by atoms with van der Waals surface area (Å²) in [5.41, 5.74) is 8.13. The van der Waals surface area contributed by atoms with Gasteiger partial charge in [0.25, 0.3) is 11.8 Å². The lowest BCUT2D eigenvalue weighted by Gasteiger charge is -2.39. The standard InChI is InChI=1S/C30H34F2N4O3/c1-3-29-11-5-4-6-18-7-10-25-21(13-18)23(12-17(2)39-25)34-27(38)19-8-9-22-20(14-19)24(15-30(22,31)32)36(26(37)16-29)28(33)35-29/h7-10,13-14,17,23-24H,3-6,11-12,15-16H2,1-2H3,(H2,33,35)(H,34,38)/t17-,23+,24-,29-/m1/s1. The predicted molar refractivity (Wildman–Crippen MR) is 143 cm³/mol. The topological polar surface area (TPSA) is 97.0 Å². The molecule has 7 rings (SSSR count). The summed E-state index contributed by atoms with van der Waals surface area (Å²) in [7, 11) is 0. The van der Waals surface area contributed by atoms with Crippen molar-refractivity contribution in [3.63, 3.8) is 0 Å². The molecule has 0 fully saturated rings. The van der Waals surface area contributed by atoms with Gasteiger partial charge in [0.1, 0.15) is 5.75 Å². The van der Waals surface area contributed by atoms with Crippen molar-refractivity contribution in [2.75, 3.05) is 0 Å². The van der Waals surface area contributed by atoms with Crippen molar-refractivity contribution in [2.45, 2.75) is 94.9 Å². The van der Waals surface area contributed by atoms with Gasteiger partial charge in [-0.05, 0) is 61.9 Å². The molecule has 2 aromatic rings. The highest BCUT2D eigenvalue weighted by Gasteiger charge is 2.51. The summed E-state index contributed by atoms with van der Waals surface area (Å²) in [6.45, 7) is 3.95. The zero-order valence-electron chi connectivity index (χ0n) is 22.3. The molecule has 0 radical (unpaired) electrons. The predicted octanol–water partition coefficient (Wildman–Crippen LogP) is 5.29. The van der Waals surface area contributed by atoms with Gasteiger partial charge in [0, 0.05) is 29.5 Å². The number of guanidine groups is 1. The number of ether oxygens (including phenoxy) is 1. The molecule has 0 unspecified atom stereocenters. The minimum atomic E-state index is -3.15. The molecule has 4 atom stereocenters. The smallest absolute Gasteiger partial charge is 0.275 e. The van der Waals surface area contributed by atoms with Gasteiger partial charge in [0.2, 0.25) is 5.91 Å². The molecule has 0 saturated carbocycles. The Bertz CT molecular complexity index is 1380. The lowest BCUT2D eigenvalue weighted by atomic mass is 9.84. The Morgan fingerprint density at radius 2 is 1.97 bits per heavy atom. The molecule has 9 heteroatoms. The van der Waals surface area contributed by atoms with Crippen molar-refractivity contribution in [3.8, 4) is 5.75 Å². The third kappa shape index (κ3) is 4.45. The Balaban J connectivity index is 1.45. The molecule has 2 amide bonds. The van der Waals surface area contributed by atoms with Crippen LogP contribution in [0.5, 0.6) is 5.75 Å². The minimum absolute atomic E-state index is 0.0193. The van der Waals surface area contributed by atoms with E-state index in [0.29, 0.717) is 19.3 Å². The Morgan fingerprint density at radius 3 is 2.74 bits per heavy atom. The Kier molecular flexibility index (Phi) is 6.15. The fourth-order valence-corrected chi connectivity index (χ4v) is 6.71. The molecule has 2 aromatic carbocycles. The van der Waals surface area contributed by atoms with E-state index < -0.39 is 23.9 Å². The lowest BCUT2D eigenvalue weighted by Crippen LogP contribution is -2.52. The fraction of sp³-hybridized carbons (Fsp3) is 0.500.